The predicted octanol–water partition coefficient (Wildman–Crippen LogP) is 2.21. The lowest BCUT2D eigenvalue weighted by Gasteiger charge is -2.13. The van der Waals surface area contributed by atoms with Crippen molar-refractivity contribution in [1.82, 2.24) is 0 Å². The summed E-state index contributed by atoms with van der Waals surface area (Å²) in [5.74, 6) is -2.18. The van der Waals surface area contributed by atoms with E-state index < -0.39 is 17.9 Å². The van der Waals surface area contributed by atoms with Gasteiger partial charge in [-0.2, -0.15) is 0 Å². The third-order valence-electron chi connectivity index (χ3n) is 2.61. The molecule has 0 saturated carbocycles. The van der Waals surface area contributed by atoms with E-state index in [0.29, 0.717) is 0 Å². The van der Waals surface area contributed by atoms with Crippen molar-refractivity contribution in [3.05, 3.63) is 53.2 Å². The fourth-order valence-corrected chi connectivity index (χ4v) is 1.72. The third kappa shape index (κ3) is 2.43. The van der Waals surface area contributed by atoms with Crippen molar-refractivity contribution in [2.24, 2.45) is 0 Å². The van der Waals surface area contributed by atoms with E-state index in [2.05, 4.69) is 0 Å². The van der Waals surface area contributed by atoms with Crippen LogP contribution in [0.4, 0.5) is 4.39 Å². The summed E-state index contributed by atoms with van der Waals surface area (Å²) in [5, 5.41) is 18.8. The molecule has 0 bridgehead atoms. The molecule has 5 nitrogen and oxygen atoms in total. The SMILES string of the molecule is COc1cccc(F)c1C(O)c1ccc(C(=O)O)o1. The molecule has 2 aromatic rings. The molecule has 0 saturated heterocycles. The number of carboxylic acid groups (broad SMARTS) is 1. The van der Waals surface area contributed by atoms with Crippen LogP contribution >= 0.6 is 0 Å². The van der Waals surface area contributed by atoms with Gasteiger partial charge in [0.15, 0.2) is 0 Å². The van der Waals surface area contributed by atoms with Gasteiger partial charge in [0.1, 0.15) is 23.4 Å². The highest BCUT2D eigenvalue weighted by Gasteiger charge is 2.23. The fraction of sp³-hybridized carbons (Fsp3) is 0.154. The van der Waals surface area contributed by atoms with E-state index in [1.807, 2.05) is 0 Å². The molecule has 0 fully saturated rings. The van der Waals surface area contributed by atoms with Crippen LogP contribution in [0.2, 0.25) is 0 Å². The molecule has 1 unspecified atom stereocenters. The summed E-state index contributed by atoms with van der Waals surface area (Å²) in [6, 6.07) is 6.56. The number of halogens is 1. The maximum absolute atomic E-state index is 13.7. The van der Waals surface area contributed by atoms with E-state index in [1.54, 1.807) is 0 Å². The zero-order chi connectivity index (χ0) is 14.0. The molecule has 19 heavy (non-hydrogen) atoms. The Morgan fingerprint density at radius 2 is 2.11 bits per heavy atom. The summed E-state index contributed by atoms with van der Waals surface area (Å²) in [6.07, 6.45) is -1.44. The Bertz CT molecular complexity index is 605. The number of ether oxygens (including phenoxy) is 1. The summed E-state index contributed by atoms with van der Waals surface area (Å²) in [5.41, 5.74) is -0.101. The highest BCUT2D eigenvalue weighted by atomic mass is 19.1. The first-order valence-corrected chi connectivity index (χ1v) is 5.38. The van der Waals surface area contributed by atoms with Gasteiger partial charge in [-0.3, -0.25) is 0 Å². The maximum atomic E-state index is 13.7. The fourth-order valence-electron chi connectivity index (χ4n) is 1.72. The topological polar surface area (TPSA) is 79.9 Å². The largest absolute Gasteiger partial charge is 0.496 e. The van der Waals surface area contributed by atoms with E-state index in [4.69, 9.17) is 14.3 Å². The second-order valence-electron chi connectivity index (χ2n) is 3.77. The number of methoxy groups -OCH3 is 1. The van der Waals surface area contributed by atoms with Gasteiger partial charge < -0.3 is 19.4 Å². The second-order valence-corrected chi connectivity index (χ2v) is 3.77. The Morgan fingerprint density at radius 3 is 2.68 bits per heavy atom. The summed E-state index contributed by atoms with van der Waals surface area (Å²) in [4.78, 5) is 10.7. The zero-order valence-electron chi connectivity index (χ0n) is 9.96. The predicted molar refractivity (Wildman–Crippen MR) is 62.7 cm³/mol. The monoisotopic (exact) mass is 266 g/mol. The molecule has 1 aromatic heterocycles. The number of rotatable bonds is 4. The number of aromatic carboxylic acids is 1. The smallest absolute Gasteiger partial charge is 0.371 e. The van der Waals surface area contributed by atoms with Crippen LogP contribution in [-0.4, -0.2) is 23.3 Å². The standard InChI is InChI=1S/C13H11FO5/c1-18-8-4-2-3-7(14)11(8)12(15)9-5-6-10(19-9)13(16)17/h2-6,12,15H,1H3,(H,16,17). The molecule has 0 aliphatic carbocycles. The van der Waals surface area contributed by atoms with Gasteiger partial charge in [0, 0.05) is 0 Å². The molecule has 0 aliphatic rings. The third-order valence-corrected chi connectivity index (χ3v) is 2.61. The summed E-state index contributed by atoms with van der Waals surface area (Å²) < 4.78 is 23.6. The van der Waals surface area contributed by atoms with E-state index >= 15 is 0 Å². The number of benzene rings is 1. The number of hydrogen-bond donors (Lipinski definition) is 2. The average molecular weight is 266 g/mol. The van der Waals surface area contributed by atoms with Gasteiger partial charge in [-0.05, 0) is 24.3 Å². The molecule has 0 spiro atoms. The van der Waals surface area contributed by atoms with Gasteiger partial charge in [0.05, 0.1) is 12.7 Å². The number of aliphatic hydroxyl groups is 1. The minimum absolute atomic E-state index is 0.0687. The first-order chi connectivity index (χ1) is 9.04. The van der Waals surface area contributed by atoms with Gasteiger partial charge in [-0.1, -0.05) is 6.07 Å². The van der Waals surface area contributed by atoms with Crippen molar-refractivity contribution in [3.8, 4) is 5.75 Å². The van der Waals surface area contributed by atoms with Crippen LogP contribution in [0.5, 0.6) is 5.75 Å². The molecule has 1 atom stereocenters. The van der Waals surface area contributed by atoms with Crippen LogP contribution in [0.3, 0.4) is 0 Å². The number of hydrogen-bond acceptors (Lipinski definition) is 4. The molecule has 1 aromatic carbocycles. The lowest BCUT2D eigenvalue weighted by Crippen LogP contribution is -2.04. The molecular weight excluding hydrogens is 255 g/mol. The quantitative estimate of drug-likeness (QED) is 0.886. The van der Waals surface area contributed by atoms with Crippen LogP contribution in [0.25, 0.3) is 0 Å². The summed E-state index contributed by atoms with van der Waals surface area (Å²) >= 11 is 0. The Morgan fingerprint density at radius 1 is 1.37 bits per heavy atom. The van der Waals surface area contributed by atoms with Crippen LogP contribution in [0, 0.1) is 5.82 Å². The Balaban J connectivity index is 2.43. The molecular formula is C13H11FO5. The van der Waals surface area contributed by atoms with Gasteiger partial charge in [-0.25, -0.2) is 9.18 Å². The van der Waals surface area contributed by atoms with Crippen LogP contribution in [-0.2, 0) is 0 Å². The first kappa shape index (κ1) is 13.1. The van der Waals surface area contributed by atoms with E-state index in [9.17, 15) is 14.3 Å². The zero-order valence-corrected chi connectivity index (χ0v) is 9.96. The van der Waals surface area contributed by atoms with Gasteiger partial charge in [0.2, 0.25) is 5.76 Å². The van der Waals surface area contributed by atoms with Crippen molar-refractivity contribution < 1.29 is 28.6 Å². The highest BCUT2D eigenvalue weighted by Crippen LogP contribution is 2.32. The van der Waals surface area contributed by atoms with Crippen molar-refractivity contribution in [2.75, 3.05) is 7.11 Å². The molecule has 2 rings (SSSR count). The molecule has 2 N–H and O–H groups in total. The maximum Gasteiger partial charge on any atom is 0.371 e. The van der Waals surface area contributed by atoms with Crippen molar-refractivity contribution in [1.29, 1.82) is 0 Å². The molecule has 6 heteroatoms. The van der Waals surface area contributed by atoms with Crippen molar-refractivity contribution >= 4 is 5.97 Å². The summed E-state index contributed by atoms with van der Waals surface area (Å²) in [6.45, 7) is 0. The van der Waals surface area contributed by atoms with E-state index in [0.717, 1.165) is 0 Å². The van der Waals surface area contributed by atoms with Gasteiger partial charge in [0.25, 0.3) is 0 Å². The number of furan rings is 1. The highest BCUT2D eigenvalue weighted by molar-refractivity contribution is 5.84. The van der Waals surface area contributed by atoms with Gasteiger partial charge >= 0.3 is 5.97 Å². The Kier molecular flexibility index (Phi) is 3.52. The number of carbonyl (C=O) groups is 1. The molecule has 0 amide bonds. The molecule has 0 aliphatic heterocycles. The van der Waals surface area contributed by atoms with Crippen LogP contribution in [0.15, 0.2) is 34.7 Å². The minimum Gasteiger partial charge on any atom is -0.496 e. The van der Waals surface area contributed by atoms with Gasteiger partial charge in [-0.15, -0.1) is 0 Å². The average Bonchev–Trinajstić information content (AvgIpc) is 2.87. The molecule has 0 radical (unpaired) electrons. The number of carboxylic acids is 1. The second kappa shape index (κ2) is 5.11. The minimum atomic E-state index is -1.44. The summed E-state index contributed by atoms with van der Waals surface area (Å²) in [7, 11) is 1.34. The Hall–Kier alpha value is -2.34. The first-order valence-electron chi connectivity index (χ1n) is 5.38. The Labute approximate surface area is 107 Å². The van der Waals surface area contributed by atoms with Crippen LogP contribution in [0.1, 0.15) is 28.0 Å². The molecule has 1 heterocycles. The van der Waals surface area contributed by atoms with E-state index in [-0.39, 0.29) is 22.8 Å². The molecule has 100 valence electrons. The van der Waals surface area contributed by atoms with Crippen molar-refractivity contribution in [3.63, 3.8) is 0 Å². The van der Waals surface area contributed by atoms with E-state index in [1.165, 1.54) is 37.4 Å². The lowest BCUT2D eigenvalue weighted by atomic mass is 10.1. The number of aliphatic hydroxyl groups excluding tert-OH is 1. The van der Waals surface area contributed by atoms with Crippen LogP contribution < -0.4 is 4.74 Å². The lowest BCUT2D eigenvalue weighted by molar-refractivity contribution is 0.0654. The normalized spacial score (nSPS) is 12.2. The van der Waals surface area contributed by atoms with Crippen molar-refractivity contribution in [2.45, 2.75) is 6.10 Å².